The van der Waals surface area contributed by atoms with Gasteiger partial charge in [-0.3, -0.25) is 4.79 Å². The smallest absolute Gasteiger partial charge is 0.163 e. The molecule has 20 heavy (non-hydrogen) atoms. The Morgan fingerprint density at radius 1 is 1.40 bits per heavy atom. The molecule has 1 aromatic rings. The lowest BCUT2D eigenvalue weighted by atomic mass is 9.84. The van der Waals surface area contributed by atoms with Gasteiger partial charge in [0.25, 0.3) is 0 Å². The molecule has 0 bridgehead atoms. The average molecular weight is 404 g/mol. The van der Waals surface area contributed by atoms with Gasteiger partial charge in [0.15, 0.2) is 5.78 Å². The number of hydrogen-bond acceptors (Lipinski definition) is 3. The Hall–Kier alpha value is -0.390. The summed E-state index contributed by atoms with van der Waals surface area (Å²) < 4.78 is 6.89. The monoisotopic (exact) mass is 402 g/mol. The van der Waals surface area contributed by atoms with Gasteiger partial charge in [-0.25, -0.2) is 0 Å². The lowest BCUT2D eigenvalue weighted by Gasteiger charge is -2.41. The highest BCUT2D eigenvalue weighted by Crippen LogP contribution is 2.49. The quantitative estimate of drug-likeness (QED) is 0.667. The third kappa shape index (κ3) is 2.06. The predicted octanol–water partition coefficient (Wildman–Crippen LogP) is 3.94. The Balaban J connectivity index is 2.22. The van der Waals surface area contributed by atoms with Crippen molar-refractivity contribution in [2.75, 3.05) is 0 Å². The molecule has 2 aliphatic rings. The molecule has 0 saturated heterocycles. The molecule has 3 nitrogen and oxygen atoms in total. The maximum Gasteiger partial charge on any atom is 0.163 e. The van der Waals surface area contributed by atoms with Gasteiger partial charge < -0.3 is 9.84 Å². The Labute approximate surface area is 135 Å². The number of carbonyl (C=O) groups is 1. The molecule has 1 aliphatic carbocycles. The van der Waals surface area contributed by atoms with Crippen LogP contribution in [0.5, 0.6) is 5.75 Å². The van der Waals surface area contributed by atoms with E-state index in [-0.39, 0.29) is 10.6 Å². The van der Waals surface area contributed by atoms with Crippen molar-refractivity contribution >= 4 is 37.6 Å². The molecule has 2 atom stereocenters. The number of halogens is 2. The van der Waals surface area contributed by atoms with E-state index in [1.165, 1.54) is 0 Å². The summed E-state index contributed by atoms with van der Waals surface area (Å²) in [4.78, 5) is 11.9. The molecular formula is C15H16Br2O3. The molecule has 108 valence electrons. The molecule has 0 spiro atoms. The van der Waals surface area contributed by atoms with Crippen LogP contribution < -0.4 is 4.74 Å². The summed E-state index contributed by atoms with van der Waals surface area (Å²) in [6.07, 6.45) is 1.63. The summed E-state index contributed by atoms with van der Waals surface area (Å²) in [6, 6.07) is 1.81. The Kier molecular flexibility index (Phi) is 3.50. The van der Waals surface area contributed by atoms with Crippen molar-refractivity contribution in [3.8, 4) is 5.75 Å². The lowest BCUT2D eigenvalue weighted by Crippen LogP contribution is -2.45. The third-order valence-corrected chi connectivity index (χ3v) is 6.55. The fourth-order valence-corrected chi connectivity index (χ4v) is 4.02. The predicted molar refractivity (Wildman–Crippen MR) is 83.8 cm³/mol. The van der Waals surface area contributed by atoms with E-state index in [4.69, 9.17) is 4.74 Å². The number of carbonyl (C=O) groups excluding carboxylic acids is 1. The fraction of sp³-hybridized carbons (Fsp3) is 0.533. The van der Waals surface area contributed by atoms with Crippen molar-refractivity contribution in [2.45, 2.75) is 49.6 Å². The molecule has 0 saturated carbocycles. The normalized spacial score (nSPS) is 27.6. The Bertz CT molecular complexity index is 595. The Morgan fingerprint density at radius 3 is 2.80 bits per heavy atom. The van der Waals surface area contributed by atoms with Crippen LogP contribution in [0.25, 0.3) is 0 Å². The van der Waals surface area contributed by atoms with Crippen LogP contribution in [0.3, 0.4) is 0 Å². The van der Waals surface area contributed by atoms with Crippen molar-refractivity contribution in [3.63, 3.8) is 0 Å². The molecule has 0 aromatic heterocycles. The number of rotatable bonds is 0. The summed E-state index contributed by atoms with van der Waals surface area (Å²) in [5.41, 5.74) is 1.91. The first-order valence-electron chi connectivity index (χ1n) is 6.72. The average Bonchev–Trinajstić information content (AvgIpc) is 2.39. The minimum Gasteiger partial charge on any atom is -0.485 e. The van der Waals surface area contributed by atoms with E-state index in [0.29, 0.717) is 17.7 Å². The van der Waals surface area contributed by atoms with E-state index in [1.54, 1.807) is 0 Å². The highest BCUT2D eigenvalue weighted by Gasteiger charge is 2.43. The van der Waals surface area contributed by atoms with Gasteiger partial charge in [-0.05, 0) is 54.2 Å². The zero-order chi connectivity index (χ0) is 14.7. The van der Waals surface area contributed by atoms with Crippen LogP contribution in [-0.2, 0) is 6.42 Å². The maximum atomic E-state index is 12.1. The summed E-state index contributed by atoms with van der Waals surface area (Å²) in [5, 5.41) is 10.5. The minimum atomic E-state index is -0.690. The van der Waals surface area contributed by atoms with Gasteiger partial charge in [0, 0.05) is 17.5 Å². The number of hydrogen-bond donors (Lipinski definition) is 1. The number of Topliss-reactive ketones (excluding diaryl/α,β-unsaturated/α-hetero) is 1. The van der Waals surface area contributed by atoms with Crippen LogP contribution in [0.2, 0.25) is 0 Å². The van der Waals surface area contributed by atoms with Gasteiger partial charge >= 0.3 is 0 Å². The number of ether oxygens (including phenoxy) is 1. The number of ketones is 1. The van der Waals surface area contributed by atoms with E-state index < -0.39 is 11.7 Å². The van der Waals surface area contributed by atoms with Crippen LogP contribution >= 0.6 is 31.9 Å². The van der Waals surface area contributed by atoms with Gasteiger partial charge in [-0.15, -0.1) is 0 Å². The molecule has 1 heterocycles. The molecule has 3 rings (SSSR count). The second-order valence-corrected chi connectivity index (χ2v) is 7.74. The van der Waals surface area contributed by atoms with Crippen LogP contribution in [0.4, 0.5) is 0 Å². The second kappa shape index (κ2) is 4.82. The lowest BCUT2D eigenvalue weighted by molar-refractivity contribution is 0.0216. The van der Waals surface area contributed by atoms with Crippen molar-refractivity contribution in [1.82, 2.24) is 0 Å². The first kappa shape index (κ1) is 14.5. The summed E-state index contributed by atoms with van der Waals surface area (Å²) in [6.45, 7) is 3.88. The summed E-state index contributed by atoms with van der Waals surface area (Å²) in [7, 11) is 0. The van der Waals surface area contributed by atoms with Crippen molar-refractivity contribution < 1.29 is 14.6 Å². The molecule has 5 heteroatoms. The second-order valence-electron chi connectivity index (χ2n) is 5.96. The van der Waals surface area contributed by atoms with E-state index >= 15 is 0 Å². The van der Waals surface area contributed by atoms with Crippen molar-refractivity contribution in [2.24, 2.45) is 0 Å². The molecule has 0 radical (unpaired) electrons. The van der Waals surface area contributed by atoms with Gasteiger partial charge in [0.1, 0.15) is 11.4 Å². The zero-order valence-electron chi connectivity index (χ0n) is 11.4. The fourth-order valence-electron chi connectivity index (χ4n) is 2.92. The maximum absolute atomic E-state index is 12.1. The van der Waals surface area contributed by atoms with Crippen LogP contribution in [0.15, 0.2) is 10.5 Å². The van der Waals surface area contributed by atoms with Gasteiger partial charge in [0.05, 0.1) is 15.4 Å². The van der Waals surface area contributed by atoms with Gasteiger partial charge in [0.2, 0.25) is 0 Å². The zero-order valence-corrected chi connectivity index (χ0v) is 14.5. The number of alkyl halides is 1. The standard InChI is InChI=1S/C15H16Br2O3/c1-15(2)14(17)12(19)9-6-8-7(4-3-5-10(8)18)11(16)13(9)20-15/h6,12,14,19H,3-5H2,1-2H3/t12-,14+/m0/s1. The molecule has 1 aliphatic heterocycles. The molecule has 0 unspecified atom stereocenters. The topological polar surface area (TPSA) is 46.5 Å². The van der Waals surface area contributed by atoms with Crippen molar-refractivity contribution in [3.05, 3.63) is 27.2 Å². The van der Waals surface area contributed by atoms with E-state index in [0.717, 1.165) is 28.4 Å². The van der Waals surface area contributed by atoms with E-state index in [1.807, 2.05) is 19.9 Å². The SMILES string of the molecule is CC1(C)Oc2c(cc3c(c2Br)CCCC3=O)[C@H](O)[C@H]1Br. The number of aliphatic hydroxyl groups excluding tert-OH is 1. The first-order chi connectivity index (χ1) is 9.33. The summed E-state index contributed by atoms with van der Waals surface area (Å²) in [5.74, 6) is 0.824. The van der Waals surface area contributed by atoms with Crippen LogP contribution in [-0.4, -0.2) is 21.3 Å². The molecule has 0 amide bonds. The van der Waals surface area contributed by atoms with Crippen LogP contribution in [0, 0.1) is 0 Å². The first-order valence-corrected chi connectivity index (χ1v) is 8.43. The van der Waals surface area contributed by atoms with E-state index in [2.05, 4.69) is 31.9 Å². The highest BCUT2D eigenvalue weighted by molar-refractivity contribution is 9.10. The number of benzene rings is 1. The highest BCUT2D eigenvalue weighted by atomic mass is 79.9. The molecule has 1 N–H and O–H groups in total. The molecule has 0 fully saturated rings. The number of aliphatic hydroxyl groups is 1. The molecule has 1 aromatic carbocycles. The largest absolute Gasteiger partial charge is 0.485 e. The summed E-state index contributed by atoms with van der Waals surface area (Å²) >= 11 is 7.08. The van der Waals surface area contributed by atoms with Crippen molar-refractivity contribution in [1.29, 1.82) is 0 Å². The van der Waals surface area contributed by atoms with Gasteiger partial charge in [-0.2, -0.15) is 0 Å². The Morgan fingerprint density at radius 2 is 2.10 bits per heavy atom. The van der Waals surface area contributed by atoms with Crippen LogP contribution in [0.1, 0.15) is 54.3 Å². The van der Waals surface area contributed by atoms with E-state index in [9.17, 15) is 9.90 Å². The number of fused-ring (bicyclic) bond motifs is 2. The molecular weight excluding hydrogens is 388 g/mol. The van der Waals surface area contributed by atoms with Gasteiger partial charge in [-0.1, -0.05) is 15.9 Å². The third-order valence-electron chi connectivity index (χ3n) is 4.11. The minimum absolute atomic E-state index is 0.151.